The van der Waals surface area contributed by atoms with Crippen molar-refractivity contribution in [2.45, 2.75) is 19.3 Å². The van der Waals surface area contributed by atoms with Crippen molar-refractivity contribution in [3.63, 3.8) is 0 Å². The summed E-state index contributed by atoms with van der Waals surface area (Å²) in [5.41, 5.74) is 2.00. The second-order valence-electron chi connectivity index (χ2n) is 4.63. The lowest BCUT2D eigenvalue weighted by molar-refractivity contribution is -0.393. The van der Waals surface area contributed by atoms with Gasteiger partial charge in [-0.05, 0) is 25.3 Å². The molecule has 0 saturated carbocycles. The molecule has 0 aliphatic heterocycles. The molecule has 0 heterocycles. The number of benzene rings is 1. The quantitative estimate of drug-likeness (QED) is 0.387. The maximum absolute atomic E-state index is 10.9. The van der Waals surface area contributed by atoms with Crippen LogP contribution in [0.15, 0.2) is 35.5 Å². The summed E-state index contributed by atoms with van der Waals surface area (Å²) in [4.78, 5) is 20.2. The molecule has 1 aromatic carbocycles. The zero-order valence-electron chi connectivity index (χ0n) is 11.1. The third-order valence-corrected chi connectivity index (χ3v) is 3.13. The van der Waals surface area contributed by atoms with E-state index in [1.54, 1.807) is 6.21 Å². The van der Waals surface area contributed by atoms with Gasteiger partial charge in [0.2, 0.25) is 0 Å². The molecule has 0 bridgehead atoms. The first-order valence-corrected chi connectivity index (χ1v) is 6.46. The van der Waals surface area contributed by atoms with Crippen molar-refractivity contribution in [2.75, 3.05) is 5.43 Å². The molecular weight excluding hydrogens is 276 g/mol. The highest BCUT2D eigenvalue weighted by molar-refractivity contribution is 5.69. The fraction of sp³-hybridized carbons (Fsp3) is 0.308. The van der Waals surface area contributed by atoms with Gasteiger partial charge in [0.15, 0.2) is 0 Å². The Labute approximate surface area is 120 Å². The first kappa shape index (κ1) is 14.6. The van der Waals surface area contributed by atoms with Crippen molar-refractivity contribution in [2.24, 2.45) is 11.0 Å². The topological polar surface area (TPSA) is 111 Å². The van der Waals surface area contributed by atoms with E-state index in [1.165, 1.54) is 12.1 Å². The highest BCUT2D eigenvalue weighted by Gasteiger charge is 2.19. The Bertz CT molecular complexity index is 612. The van der Waals surface area contributed by atoms with E-state index < -0.39 is 9.85 Å². The van der Waals surface area contributed by atoms with Gasteiger partial charge in [0.1, 0.15) is 5.69 Å². The van der Waals surface area contributed by atoms with Crippen LogP contribution >= 0.6 is 0 Å². The van der Waals surface area contributed by atoms with E-state index >= 15 is 0 Å². The summed E-state index contributed by atoms with van der Waals surface area (Å²) in [5, 5.41) is 25.6. The first-order chi connectivity index (χ1) is 10.1. The minimum Gasteiger partial charge on any atom is -0.272 e. The van der Waals surface area contributed by atoms with Crippen molar-refractivity contribution in [1.82, 2.24) is 0 Å². The normalized spacial score (nSPS) is 17.8. The largest absolute Gasteiger partial charge is 0.301 e. The number of hydrazone groups is 1. The second-order valence-corrected chi connectivity index (χ2v) is 4.63. The Morgan fingerprint density at radius 3 is 2.71 bits per heavy atom. The van der Waals surface area contributed by atoms with Gasteiger partial charge in [0, 0.05) is 18.2 Å². The molecule has 0 spiro atoms. The van der Waals surface area contributed by atoms with Crippen LogP contribution in [-0.4, -0.2) is 16.1 Å². The Morgan fingerprint density at radius 2 is 2.10 bits per heavy atom. The number of hydrogen-bond donors (Lipinski definition) is 1. The van der Waals surface area contributed by atoms with Gasteiger partial charge in [-0.3, -0.25) is 25.7 Å². The zero-order chi connectivity index (χ0) is 15.2. The van der Waals surface area contributed by atoms with Gasteiger partial charge in [-0.15, -0.1) is 0 Å². The molecule has 1 atom stereocenters. The average molecular weight is 290 g/mol. The Hall–Kier alpha value is -2.77. The molecule has 0 radical (unpaired) electrons. The van der Waals surface area contributed by atoms with Crippen LogP contribution in [0.25, 0.3) is 0 Å². The molecule has 2 rings (SSSR count). The second kappa shape index (κ2) is 6.60. The number of allylic oxidation sites excluding steroid dienone is 2. The Morgan fingerprint density at radius 1 is 1.29 bits per heavy atom. The molecule has 0 saturated heterocycles. The van der Waals surface area contributed by atoms with Gasteiger partial charge < -0.3 is 0 Å². The van der Waals surface area contributed by atoms with Crippen molar-refractivity contribution in [1.29, 1.82) is 0 Å². The lowest BCUT2D eigenvalue weighted by atomic mass is 9.97. The number of nitrogens with zero attached hydrogens (tertiary/aromatic N) is 3. The standard InChI is InChI=1S/C13H14N4O4/c18-16(19)11-6-7-12(13(8-11)17(20)21)15-14-9-10-4-2-1-3-5-10/h2,4,6-10,15H,1,3,5H2/b14-9-/t10-/m0/s1. The summed E-state index contributed by atoms with van der Waals surface area (Å²) in [6.45, 7) is 0. The van der Waals surface area contributed by atoms with E-state index in [9.17, 15) is 20.2 Å². The van der Waals surface area contributed by atoms with Crippen LogP contribution in [0.3, 0.4) is 0 Å². The number of nitro groups is 2. The summed E-state index contributed by atoms with van der Waals surface area (Å²) in [6.07, 6.45) is 8.94. The molecular formula is C13H14N4O4. The van der Waals surface area contributed by atoms with Gasteiger partial charge in [0.25, 0.3) is 5.69 Å². The Kier molecular flexibility index (Phi) is 4.60. The van der Waals surface area contributed by atoms with Crippen molar-refractivity contribution in [3.05, 3.63) is 50.6 Å². The zero-order valence-corrected chi connectivity index (χ0v) is 11.1. The summed E-state index contributed by atoms with van der Waals surface area (Å²) < 4.78 is 0. The predicted octanol–water partition coefficient (Wildman–Crippen LogP) is 3.26. The van der Waals surface area contributed by atoms with Crippen LogP contribution in [-0.2, 0) is 0 Å². The van der Waals surface area contributed by atoms with Gasteiger partial charge in [-0.1, -0.05) is 12.2 Å². The number of rotatable bonds is 5. The SMILES string of the molecule is O=[N+]([O-])c1ccc(N/N=C\[C@H]2C=CCCC2)c([N+](=O)[O-])c1. The predicted molar refractivity (Wildman–Crippen MR) is 78.3 cm³/mol. The number of nitrogens with one attached hydrogen (secondary N) is 1. The van der Waals surface area contributed by atoms with Crippen molar-refractivity contribution in [3.8, 4) is 0 Å². The van der Waals surface area contributed by atoms with Crippen LogP contribution in [0.4, 0.5) is 17.1 Å². The van der Waals surface area contributed by atoms with Crippen molar-refractivity contribution < 1.29 is 9.85 Å². The highest BCUT2D eigenvalue weighted by atomic mass is 16.6. The molecule has 8 nitrogen and oxygen atoms in total. The average Bonchev–Trinajstić information content (AvgIpc) is 2.48. The number of anilines is 1. The van der Waals surface area contributed by atoms with E-state index in [0.717, 1.165) is 25.3 Å². The molecule has 1 aliphatic carbocycles. The van der Waals surface area contributed by atoms with Crippen LogP contribution in [0.5, 0.6) is 0 Å². The fourth-order valence-corrected chi connectivity index (χ4v) is 2.04. The fourth-order valence-electron chi connectivity index (χ4n) is 2.04. The lowest BCUT2D eigenvalue weighted by Gasteiger charge is -2.10. The van der Waals surface area contributed by atoms with E-state index in [4.69, 9.17) is 0 Å². The minimum absolute atomic E-state index is 0.127. The van der Waals surface area contributed by atoms with Crippen LogP contribution in [0.1, 0.15) is 19.3 Å². The maximum Gasteiger partial charge on any atom is 0.301 e. The van der Waals surface area contributed by atoms with E-state index in [0.29, 0.717) is 0 Å². The maximum atomic E-state index is 10.9. The molecule has 1 aliphatic rings. The monoisotopic (exact) mass is 290 g/mol. The van der Waals surface area contributed by atoms with E-state index in [2.05, 4.69) is 16.6 Å². The molecule has 1 N–H and O–H groups in total. The number of nitro benzene ring substituents is 2. The van der Waals surface area contributed by atoms with Crippen LogP contribution in [0, 0.1) is 26.1 Å². The molecule has 0 fully saturated rings. The van der Waals surface area contributed by atoms with E-state index in [-0.39, 0.29) is 23.0 Å². The van der Waals surface area contributed by atoms with Gasteiger partial charge in [-0.25, -0.2) is 0 Å². The summed E-state index contributed by atoms with van der Waals surface area (Å²) in [6, 6.07) is 3.40. The molecule has 0 unspecified atom stereocenters. The third-order valence-electron chi connectivity index (χ3n) is 3.13. The first-order valence-electron chi connectivity index (χ1n) is 6.46. The van der Waals surface area contributed by atoms with Crippen LogP contribution < -0.4 is 5.43 Å². The molecule has 21 heavy (non-hydrogen) atoms. The molecule has 8 heteroatoms. The molecule has 0 aromatic heterocycles. The lowest BCUT2D eigenvalue weighted by Crippen LogP contribution is -2.04. The van der Waals surface area contributed by atoms with Gasteiger partial charge in [0.05, 0.1) is 15.9 Å². The summed E-state index contributed by atoms with van der Waals surface area (Å²) >= 11 is 0. The summed E-state index contributed by atoms with van der Waals surface area (Å²) in [7, 11) is 0. The molecule has 110 valence electrons. The summed E-state index contributed by atoms with van der Waals surface area (Å²) in [5.74, 6) is 0.211. The van der Waals surface area contributed by atoms with Gasteiger partial charge in [-0.2, -0.15) is 5.10 Å². The van der Waals surface area contributed by atoms with E-state index in [1.807, 2.05) is 6.08 Å². The third kappa shape index (κ3) is 3.85. The number of hydrogen-bond acceptors (Lipinski definition) is 6. The Balaban J connectivity index is 2.13. The highest BCUT2D eigenvalue weighted by Crippen LogP contribution is 2.28. The molecule has 1 aromatic rings. The van der Waals surface area contributed by atoms with Crippen LogP contribution in [0.2, 0.25) is 0 Å². The minimum atomic E-state index is -0.675. The molecule has 0 amide bonds. The smallest absolute Gasteiger partial charge is 0.272 e. The number of non-ortho nitro benzene ring substituents is 1. The van der Waals surface area contributed by atoms with Crippen molar-refractivity contribution >= 4 is 23.3 Å². The van der Waals surface area contributed by atoms with Gasteiger partial charge >= 0.3 is 5.69 Å².